The van der Waals surface area contributed by atoms with Gasteiger partial charge < -0.3 is 0 Å². The van der Waals surface area contributed by atoms with E-state index in [2.05, 4.69) is 4.18 Å². The van der Waals surface area contributed by atoms with Crippen molar-refractivity contribution in [1.82, 2.24) is 0 Å². The number of hydrogen-bond donors (Lipinski definition) is 0. The fourth-order valence-corrected chi connectivity index (χ4v) is 1.35. The number of hydrogen-bond acceptors (Lipinski definition) is 5. The van der Waals surface area contributed by atoms with Crippen LogP contribution in [0.5, 0.6) is 0 Å². The highest BCUT2D eigenvalue weighted by Crippen LogP contribution is 2.16. The molecule has 14 heavy (non-hydrogen) atoms. The van der Waals surface area contributed by atoms with Gasteiger partial charge in [-0.2, -0.15) is 8.42 Å². The molecule has 0 aliphatic heterocycles. The summed E-state index contributed by atoms with van der Waals surface area (Å²) < 4.78 is 46.7. The summed E-state index contributed by atoms with van der Waals surface area (Å²) in [6.07, 6.45) is 0. The zero-order chi connectivity index (χ0) is 13.3. The van der Waals surface area contributed by atoms with Gasteiger partial charge in [0.1, 0.15) is 0 Å². The molecule has 0 heterocycles. The molecular formula is C7H7NO5S. The summed E-state index contributed by atoms with van der Waals surface area (Å²) in [6, 6.07) is 3.68. The maximum Gasteiger partial charge on any atom is 0.296 e. The van der Waals surface area contributed by atoms with E-state index in [1.165, 1.54) is 0 Å². The Balaban J connectivity index is 3.05. The van der Waals surface area contributed by atoms with Gasteiger partial charge in [-0.15, -0.1) is 0 Å². The van der Waals surface area contributed by atoms with Gasteiger partial charge >= 0.3 is 0 Å². The Morgan fingerprint density at radius 2 is 2.00 bits per heavy atom. The summed E-state index contributed by atoms with van der Waals surface area (Å²) in [5, 5.41) is 10.3. The van der Waals surface area contributed by atoms with E-state index in [4.69, 9.17) is 4.11 Å². The summed E-state index contributed by atoms with van der Waals surface area (Å²) in [5.74, 6) is 0. The van der Waals surface area contributed by atoms with E-state index in [9.17, 15) is 18.5 Å². The van der Waals surface area contributed by atoms with Gasteiger partial charge in [-0.1, -0.05) is 0 Å². The van der Waals surface area contributed by atoms with Gasteiger partial charge in [0, 0.05) is 12.1 Å². The molecule has 76 valence electrons. The van der Waals surface area contributed by atoms with Crippen LogP contribution in [0.4, 0.5) is 5.69 Å². The van der Waals surface area contributed by atoms with Crippen LogP contribution in [0.1, 0.15) is 4.11 Å². The van der Waals surface area contributed by atoms with Crippen LogP contribution in [-0.2, 0) is 14.3 Å². The molecule has 7 heteroatoms. The Bertz CT molecular complexity index is 521. The molecule has 0 atom stereocenters. The molecule has 0 saturated carbocycles. The average Bonchev–Trinajstić information content (AvgIpc) is 2.14. The minimum absolute atomic E-state index is 0.308. The second kappa shape index (κ2) is 3.72. The van der Waals surface area contributed by atoms with E-state index in [1.807, 2.05) is 0 Å². The lowest BCUT2D eigenvalue weighted by Gasteiger charge is -1.99. The number of benzene rings is 1. The second-order valence-electron chi connectivity index (χ2n) is 2.29. The molecule has 0 radical (unpaired) electrons. The Kier molecular flexibility index (Phi) is 1.84. The summed E-state index contributed by atoms with van der Waals surface area (Å²) in [4.78, 5) is 9.16. The van der Waals surface area contributed by atoms with Crippen LogP contribution in [0.15, 0.2) is 29.2 Å². The van der Waals surface area contributed by atoms with Gasteiger partial charge in [0.05, 0.1) is 21.0 Å². The summed E-state index contributed by atoms with van der Waals surface area (Å²) >= 11 is 0. The first-order valence-electron chi connectivity index (χ1n) is 4.82. The van der Waals surface area contributed by atoms with Gasteiger partial charge in [0.25, 0.3) is 15.8 Å². The van der Waals surface area contributed by atoms with E-state index >= 15 is 0 Å². The third kappa shape index (κ3) is 2.06. The molecule has 1 aromatic rings. The topological polar surface area (TPSA) is 86.5 Å². The lowest BCUT2D eigenvalue weighted by Crippen LogP contribution is -2.02. The van der Waals surface area contributed by atoms with Gasteiger partial charge in [0.2, 0.25) is 0 Å². The van der Waals surface area contributed by atoms with Gasteiger partial charge in [-0.25, -0.2) is 0 Å². The van der Waals surface area contributed by atoms with Crippen molar-refractivity contribution in [2.24, 2.45) is 0 Å². The first-order chi connectivity index (χ1) is 7.62. The molecule has 0 N–H and O–H groups in total. The summed E-state index contributed by atoms with van der Waals surface area (Å²) in [5.41, 5.74) is -0.308. The highest BCUT2D eigenvalue weighted by atomic mass is 32.2. The van der Waals surface area contributed by atoms with Crippen molar-refractivity contribution in [3.63, 3.8) is 0 Å². The Hall–Kier alpha value is -1.47. The predicted molar refractivity (Wildman–Crippen MR) is 47.3 cm³/mol. The molecule has 0 saturated heterocycles. The lowest BCUT2D eigenvalue weighted by molar-refractivity contribution is -0.384. The Morgan fingerprint density at radius 3 is 2.43 bits per heavy atom. The molecule has 0 amide bonds. The van der Waals surface area contributed by atoms with E-state index < -0.39 is 27.0 Å². The molecule has 0 unspecified atom stereocenters. The summed E-state index contributed by atoms with van der Waals surface area (Å²) in [7, 11) is -7.54. The number of nitro groups is 1. The number of nitro benzene ring substituents is 1. The Labute approximate surface area is 84.6 Å². The molecule has 0 fully saturated rings. The third-order valence-electron chi connectivity index (χ3n) is 1.45. The van der Waals surface area contributed by atoms with Crippen LogP contribution in [0, 0.1) is 10.1 Å². The minimum Gasteiger partial charge on any atom is -0.270 e. The van der Waals surface area contributed by atoms with Crippen molar-refractivity contribution in [3.05, 3.63) is 34.4 Å². The van der Waals surface area contributed by atoms with E-state index in [-0.39, 0.29) is 5.69 Å². The average molecular weight is 220 g/mol. The fraction of sp³-hybridized carbons (Fsp3) is 0.143. The van der Waals surface area contributed by atoms with Crippen molar-refractivity contribution in [3.8, 4) is 0 Å². The van der Waals surface area contributed by atoms with Crippen molar-refractivity contribution >= 4 is 15.8 Å². The highest BCUT2D eigenvalue weighted by Gasteiger charge is 2.14. The van der Waals surface area contributed by atoms with E-state index in [0.717, 1.165) is 24.3 Å². The number of non-ortho nitro benzene ring substituents is 1. The third-order valence-corrected chi connectivity index (χ3v) is 2.51. The maximum absolute atomic E-state index is 11.4. The van der Waals surface area contributed by atoms with Crippen LogP contribution in [0.3, 0.4) is 0 Å². The zero-order valence-corrected chi connectivity index (χ0v) is 7.52. The number of rotatable bonds is 3. The molecule has 0 bridgehead atoms. The molecule has 0 aliphatic carbocycles. The first-order valence-corrected chi connectivity index (χ1v) is 4.73. The van der Waals surface area contributed by atoms with Gasteiger partial charge in [-0.3, -0.25) is 14.3 Å². The number of nitrogens with zero attached hydrogens (tertiary/aromatic N) is 1. The lowest BCUT2D eigenvalue weighted by atomic mass is 10.3. The molecule has 0 aliphatic rings. The smallest absolute Gasteiger partial charge is 0.270 e. The van der Waals surface area contributed by atoms with E-state index in [1.54, 1.807) is 0 Å². The van der Waals surface area contributed by atoms with Gasteiger partial charge in [0.15, 0.2) is 0 Å². The Morgan fingerprint density at radius 1 is 1.43 bits per heavy atom. The van der Waals surface area contributed by atoms with Crippen molar-refractivity contribution in [2.45, 2.75) is 4.90 Å². The largest absolute Gasteiger partial charge is 0.296 e. The highest BCUT2D eigenvalue weighted by molar-refractivity contribution is 7.86. The van der Waals surface area contributed by atoms with Crippen LogP contribution in [0.25, 0.3) is 0 Å². The SMILES string of the molecule is [2H]C([2H])([2H])OS(=O)(=O)c1ccc([N+](=O)[O-])cc1. The first kappa shape index (κ1) is 6.91. The second-order valence-corrected chi connectivity index (χ2v) is 3.83. The normalized spacial score (nSPS) is 15.3. The molecule has 6 nitrogen and oxygen atoms in total. The fourth-order valence-electron chi connectivity index (χ4n) is 0.783. The molecular weight excluding hydrogens is 210 g/mol. The van der Waals surface area contributed by atoms with Crippen LogP contribution < -0.4 is 0 Å². The summed E-state index contributed by atoms with van der Waals surface area (Å²) in [6.45, 7) is 0. The standard InChI is InChI=1S/C7H7NO5S/c1-13-14(11,12)7-4-2-6(3-5-7)8(9)10/h2-5H,1H3/i1D3. The van der Waals surface area contributed by atoms with Crippen molar-refractivity contribution < 1.29 is 21.6 Å². The molecule has 0 spiro atoms. The van der Waals surface area contributed by atoms with E-state index in [0.29, 0.717) is 0 Å². The molecule has 1 rings (SSSR count). The van der Waals surface area contributed by atoms with Crippen molar-refractivity contribution in [2.75, 3.05) is 7.04 Å². The minimum atomic E-state index is -4.45. The maximum atomic E-state index is 11.4. The quantitative estimate of drug-likeness (QED) is 0.429. The van der Waals surface area contributed by atoms with Crippen LogP contribution in [-0.4, -0.2) is 20.4 Å². The van der Waals surface area contributed by atoms with Crippen molar-refractivity contribution in [1.29, 1.82) is 0 Å². The van der Waals surface area contributed by atoms with Crippen LogP contribution in [0.2, 0.25) is 0 Å². The monoisotopic (exact) mass is 220 g/mol. The predicted octanol–water partition coefficient (Wildman–Crippen LogP) is 0.930. The van der Waals surface area contributed by atoms with Gasteiger partial charge in [-0.05, 0) is 12.1 Å². The zero-order valence-electron chi connectivity index (χ0n) is 9.71. The molecule has 1 aromatic carbocycles. The van der Waals surface area contributed by atoms with Crippen LogP contribution >= 0.6 is 0 Å². The molecule has 0 aromatic heterocycles.